The Labute approximate surface area is 123 Å². The number of carbonyl (C=O) groups is 1. The Morgan fingerprint density at radius 3 is 2.75 bits per heavy atom. The molecule has 2 saturated carbocycles. The highest BCUT2D eigenvalue weighted by molar-refractivity contribution is 5.88. The summed E-state index contributed by atoms with van der Waals surface area (Å²) in [4.78, 5) is 11.8. The highest BCUT2D eigenvalue weighted by Crippen LogP contribution is 2.60. The Kier molecular flexibility index (Phi) is 4.72. The zero-order chi connectivity index (χ0) is 14.8. The first-order valence-electron chi connectivity index (χ1n) is 8.08. The normalized spacial score (nSPS) is 32.8. The van der Waals surface area contributed by atoms with Gasteiger partial charge in [-0.15, -0.1) is 0 Å². The molecular weight excluding hydrogens is 248 g/mol. The first kappa shape index (κ1) is 15.3. The van der Waals surface area contributed by atoms with Gasteiger partial charge in [0.1, 0.15) is 0 Å². The molecule has 0 saturated heterocycles. The predicted octanol–water partition coefficient (Wildman–Crippen LogP) is 4.66. The Morgan fingerprint density at radius 1 is 1.45 bits per heavy atom. The molecule has 112 valence electrons. The van der Waals surface area contributed by atoms with Crippen LogP contribution in [0.25, 0.3) is 0 Å². The van der Waals surface area contributed by atoms with Gasteiger partial charge >= 0.3 is 5.97 Å². The van der Waals surface area contributed by atoms with Gasteiger partial charge in [-0.3, -0.25) is 0 Å². The number of carbonyl (C=O) groups excluding carboxylic acids is 1. The molecular formula is C18H28O2. The molecule has 2 fully saturated rings. The van der Waals surface area contributed by atoms with Crippen LogP contribution in [0.1, 0.15) is 59.3 Å². The second-order valence-electron chi connectivity index (χ2n) is 6.49. The summed E-state index contributed by atoms with van der Waals surface area (Å²) in [6.07, 6.45) is 8.97. The molecule has 0 aliphatic heterocycles. The molecule has 0 unspecified atom stereocenters. The number of hydrogen-bond donors (Lipinski definition) is 0. The molecule has 2 bridgehead atoms. The van der Waals surface area contributed by atoms with Crippen LogP contribution >= 0.6 is 0 Å². The average molecular weight is 276 g/mol. The van der Waals surface area contributed by atoms with Gasteiger partial charge in [0.25, 0.3) is 0 Å². The van der Waals surface area contributed by atoms with E-state index in [1.54, 1.807) is 0 Å². The summed E-state index contributed by atoms with van der Waals surface area (Å²) in [6, 6.07) is 0. The van der Waals surface area contributed by atoms with Crippen molar-refractivity contribution in [3.8, 4) is 0 Å². The van der Waals surface area contributed by atoms with Gasteiger partial charge in [-0.2, -0.15) is 0 Å². The topological polar surface area (TPSA) is 26.3 Å². The Morgan fingerprint density at radius 2 is 2.20 bits per heavy atom. The second-order valence-corrected chi connectivity index (χ2v) is 6.49. The molecule has 2 heteroatoms. The lowest BCUT2D eigenvalue weighted by Gasteiger charge is -2.36. The maximum atomic E-state index is 11.8. The Hall–Kier alpha value is -1.05. The van der Waals surface area contributed by atoms with Crippen LogP contribution in [0.5, 0.6) is 0 Å². The molecule has 2 rings (SSSR count). The van der Waals surface area contributed by atoms with E-state index in [2.05, 4.69) is 19.6 Å². The number of ether oxygens (including phenoxy) is 1. The Balaban J connectivity index is 1.94. The van der Waals surface area contributed by atoms with Crippen molar-refractivity contribution in [2.24, 2.45) is 17.3 Å². The molecule has 2 nitrogen and oxygen atoms in total. The highest BCUT2D eigenvalue weighted by atomic mass is 16.5. The zero-order valence-corrected chi connectivity index (χ0v) is 13.2. The molecule has 0 N–H and O–H groups in total. The summed E-state index contributed by atoms with van der Waals surface area (Å²) < 4.78 is 5.09. The number of esters is 1. The average Bonchev–Trinajstić information content (AvgIpc) is 2.99. The van der Waals surface area contributed by atoms with Gasteiger partial charge in [0, 0.05) is 5.57 Å². The van der Waals surface area contributed by atoms with Crippen molar-refractivity contribution in [3.63, 3.8) is 0 Å². The summed E-state index contributed by atoms with van der Waals surface area (Å²) >= 11 is 0. The summed E-state index contributed by atoms with van der Waals surface area (Å²) in [5.74, 6) is 1.44. The molecule has 0 radical (unpaired) electrons. The molecule has 0 aromatic carbocycles. The fourth-order valence-corrected chi connectivity index (χ4v) is 4.11. The van der Waals surface area contributed by atoms with Crippen molar-refractivity contribution in [3.05, 3.63) is 23.8 Å². The fraction of sp³-hybridized carbons (Fsp3) is 0.722. The number of hydrogen-bond acceptors (Lipinski definition) is 2. The molecule has 20 heavy (non-hydrogen) atoms. The lowest BCUT2D eigenvalue weighted by atomic mass is 9.69. The minimum atomic E-state index is -0.146. The molecule has 0 spiro atoms. The third-order valence-electron chi connectivity index (χ3n) is 5.53. The van der Waals surface area contributed by atoms with E-state index in [1.165, 1.54) is 24.8 Å². The van der Waals surface area contributed by atoms with E-state index in [0.717, 1.165) is 36.7 Å². The summed E-state index contributed by atoms with van der Waals surface area (Å²) in [5.41, 5.74) is 2.59. The van der Waals surface area contributed by atoms with Crippen molar-refractivity contribution >= 4 is 5.97 Å². The van der Waals surface area contributed by atoms with E-state index in [9.17, 15) is 4.79 Å². The molecule has 0 aromatic rings. The van der Waals surface area contributed by atoms with Crippen LogP contribution in [-0.2, 0) is 9.53 Å². The van der Waals surface area contributed by atoms with E-state index in [1.807, 2.05) is 13.8 Å². The van der Waals surface area contributed by atoms with Gasteiger partial charge in [-0.05, 0) is 62.7 Å². The first-order chi connectivity index (χ1) is 9.52. The van der Waals surface area contributed by atoms with E-state index in [0.29, 0.717) is 12.0 Å². The molecule has 2 aliphatic carbocycles. The van der Waals surface area contributed by atoms with E-state index in [-0.39, 0.29) is 5.97 Å². The molecule has 0 heterocycles. The third kappa shape index (κ3) is 2.70. The summed E-state index contributed by atoms with van der Waals surface area (Å²) in [5, 5.41) is 0. The van der Waals surface area contributed by atoms with Crippen molar-refractivity contribution in [1.29, 1.82) is 0 Å². The van der Waals surface area contributed by atoms with Gasteiger partial charge in [0.15, 0.2) is 0 Å². The van der Waals surface area contributed by atoms with Gasteiger partial charge in [-0.1, -0.05) is 32.1 Å². The van der Waals surface area contributed by atoms with Crippen LogP contribution in [0.2, 0.25) is 0 Å². The van der Waals surface area contributed by atoms with Crippen molar-refractivity contribution in [2.75, 3.05) is 6.61 Å². The molecule has 0 amide bonds. The lowest BCUT2D eigenvalue weighted by molar-refractivity contribution is -0.138. The van der Waals surface area contributed by atoms with Crippen LogP contribution in [0, 0.1) is 17.3 Å². The monoisotopic (exact) mass is 276 g/mol. The zero-order valence-electron chi connectivity index (χ0n) is 13.2. The number of fused-ring (bicyclic) bond motifs is 2. The predicted molar refractivity (Wildman–Crippen MR) is 82.3 cm³/mol. The van der Waals surface area contributed by atoms with Gasteiger partial charge in [0.05, 0.1) is 6.61 Å². The first-order valence-corrected chi connectivity index (χ1v) is 8.08. The van der Waals surface area contributed by atoms with E-state index < -0.39 is 0 Å². The second kappa shape index (κ2) is 6.15. The minimum absolute atomic E-state index is 0.146. The largest absolute Gasteiger partial charge is 0.463 e. The van der Waals surface area contributed by atoms with Gasteiger partial charge < -0.3 is 4.74 Å². The van der Waals surface area contributed by atoms with E-state index in [4.69, 9.17) is 4.74 Å². The fourth-order valence-electron chi connectivity index (χ4n) is 4.11. The third-order valence-corrected chi connectivity index (χ3v) is 5.53. The van der Waals surface area contributed by atoms with Crippen molar-refractivity contribution in [2.45, 2.75) is 59.3 Å². The summed E-state index contributed by atoms with van der Waals surface area (Å²) in [6.45, 7) is 11.1. The standard InChI is InChI=1S/C18H28O2/c1-5-14(17(19)20-6-2)8-7-11-18(4)13(3)15-9-10-16(18)12-15/h8,15-16H,3,5-7,9-12H2,1-2,4H3/b14-8+/t15-,16+,18+/m1/s1. The summed E-state index contributed by atoms with van der Waals surface area (Å²) in [7, 11) is 0. The number of rotatable bonds is 6. The van der Waals surface area contributed by atoms with Crippen LogP contribution in [0.15, 0.2) is 23.8 Å². The Bertz CT molecular complexity index is 421. The van der Waals surface area contributed by atoms with Crippen molar-refractivity contribution in [1.82, 2.24) is 0 Å². The van der Waals surface area contributed by atoms with Crippen LogP contribution in [-0.4, -0.2) is 12.6 Å². The molecule has 2 aliphatic rings. The number of allylic oxidation sites excluding steroid dienone is 2. The van der Waals surface area contributed by atoms with E-state index >= 15 is 0 Å². The molecule has 3 atom stereocenters. The van der Waals surface area contributed by atoms with Gasteiger partial charge in [0.2, 0.25) is 0 Å². The highest BCUT2D eigenvalue weighted by Gasteiger charge is 2.49. The minimum Gasteiger partial charge on any atom is -0.463 e. The SMILES string of the molecule is C=C1[C@@H]2CC[C@@H](C2)[C@@]1(C)CC/C=C(\CC)C(=O)OCC. The van der Waals surface area contributed by atoms with Crippen LogP contribution in [0.3, 0.4) is 0 Å². The quantitative estimate of drug-likeness (QED) is 0.401. The van der Waals surface area contributed by atoms with Gasteiger partial charge in [-0.25, -0.2) is 4.79 Å². The smallest absolute Gasteiger partial charge is 0.333 e. The maximum Gasteiger partial charge on any atom is 0.333 e. The maximum absolute atomic E-state index is 11.8. The van der Waals surface area contributed by atoms with Crippen molar-refractivity contribution < 1.29 is 9.53 Å². The van der Waals surface area contributed by atoms with Crippen LogP contribution in [0.4, 0.5) is 0 Å². The lowest BCUT2D eigenvalue weighted by Crippen LogP contribution is -2.26. The van der Waals surface area contributed by atoms with Crippen LogP contribution < -0.4 is 0 Å². The molecule has 0 aromatic heterocycles.